The summed E-state index contributed by atoms with van der Waals surface area (Å²) in [5.41, 5.74) is 0. The second kappa shape index (κ2) is 4.97. The monoisotopic (exact) mass is 185 g/mol. The Morgan fingerprint density at radius 3 is 2.54 bits per heavy atom. The Morgan fingerprint density at radius 2 is 2.00 bits per heavy atom. The molecular formula is C11H23NO. The van der Waals surface area contributed by atoms with Crippen LogP contribution in [0.4, 0.5) is 0 Å². The van der Waals surface area contributed by atoms with E-state index in [4.69, 9.17) is 5.11 Å². The normalized spacial score (nSPS) is 37.4. The van der Waals surface area contributed by atoms with Crippen LogP contribution in [0.25, 0.3) is 0 Å². The number of aliphatic hydroxyl groups is 1. The molecule has 0 bridgehead atoms. The van der Waals surface area contributed by atoms with Crippen LogP contribution in [0.3, 0.4) is 0 Å². The van der Waals surface area contributed by atoms with Crippen molar-refractivity contribution in [3.63, 3.8) is 0 Å². The van der Waals surface area contributed by atoms with Crippen molar-refractivity contribution in [3.8, 4) is 0 Å². The Morgan fingerprint density at radius 1 is 1.31 bits per heavy atom. The third kappa shape index (κ3) is 3.28. The predicted molar refractivity (Wildman–Crippen MR) is 55.7 cm³/mol. The average molecular weight is 185 g/mol. The first-order valence-corrected chi connectivity index (χ1v) is 5.50. The average Bonchev–Trinajstić information content (AvgIpc) is 2.11. The van der Waals surface area contributed by atoms with E-state index < -0.39 is 0 Å². The van der Waals surface area contributed by atoms with Gasteiger partial charge < -0.3 is 10.4 Å². The molecule has 2 nitrogen and oxygen atoms in total. The van der Waals surface area contributed by atoms with E-state index in [0.29, 0.717) is 6.04 Å². The van der Waals surface area contributed by atoms with E-state index in [2.05, 4.69) is 19.2 Å². The molecule has 2 heteroatoms. The van der Waals surface area contributed by atoms with E-state index in [1.54, 1.807) is 0 Å². The molecule has 0 aromatic rings. The first-order valence-electron chi connectivity index (χ1n) is 5.50. The summed E-state index contributed by atoms with van der Waals surface area (Å²) in [5.74, 6) is 1.71. The lowest BCUT2D eigenvalue weighted by molar-refractivity contribution is 0.188. The van der Waals surface area contributed by atoms with E-state index in [0.717, 1.165) is 11.8 Å². The molecule has 13 heavy (non-hydrogen) atoms. The standard InChI is InChI=1S/C11H23NO/c1-8-4-5-11(6-9(8)2)12-10(3)7-13/h8-13H,4-7H2,1-3H3/t8-,9-,10+,11+/m0/s1. The Hall–Kier alpha value is -0.0800. The zero-order valence-corrected chi connectivity index (χ0v) is 9.09. The maximum absolute atomic E-state index is 8.92. The first kappa shape index (κ1) is 11.0. The highest BCUT2D eigenvalue weighted by Crippen LogP contribution is 2.29. The molecule has 2 N–H and O–H groups in total. The first-order chi connectivity index (χ1) is 6.13. The Bertz CT molecular complexity index is 147. The minimum Gasteiger partial charge on any atom is -0.395 e. The minimum atomic E-state index is 0.250. The molecule has 1 saturated carbocycles. The second-order valence-corrected chi connectivity index (χ2v) is 4.71. The number of rotatable bonds is 3. The summed E-state index contributed by atoms with van der Waals surface area (Å²) in [7, 11) is 0. The highest BCUT2D eigenvalue weighted by molar-refractivity contribution is 4.81. The molecule has 1 fully saturated rings. The topological polar surface area (TPSA) is 32.3 Å². The summed E-state index contributed by atoms with van der Waals surface area (Å²) in [6, 6.07) is 0.888. The molecule has 0 radical (unpaired) electrons. The second-order valence-electron chi connectivity index (χ2n) is 4.71. The van der Waals surface area contributed by atoms with Crippen LogP contribution in [-0.4, -0.2) is 23.8 Å². The maximum atomic E-state index is 8.92. The lowest BCUT2D eigenvalue weighted by atomic mass is 9.79. The molecule has 1 rings (SSSR count). The van der Waals surface area contributed by atoms with Crippen LogP contribution in [0.1, 0.15) is 40.0 Å². The highest BCUT2D eigenvalue weighted by Gasteiger charge is 2.24. The van der Waals surface area contributed by atoms with Gasteiger partial charge in [-0.2, -0.15) is 0 Å². The lowest BCUT2D eigenvalue weighted by Crippen LogP contribution is -2.42. The number of aliphatic hydroxyl groups excluding tert-OH is 1. The molecule has 0 saturated heterocycles. The molecule has 1 aliphatic carbocycles. The van der Waals surface area contributed by atoms with Gasteiger partial charge in [-0.1, -0.05) is 13.8 Å². The van der Waals surface area contributed by atoms with Crippen molar-refractivity contribution in [2.24, 2.45) is 11.8 Å². The van der Waals surface area contributed by atoms with Crippen molar-refractivity contribution >= 4 is 0 Å². The molecule has 78 valence electrons. The Kier molecular flexibility index (Phi) is 4.20. The van der Waals surface area contributed by atoms with E-state index in [1.165, 1.54) is 19.3 Å². The SMILES string of the molecule is C[C@H](CO)N[C@@H]1CC[C@H](C)[C@@H](C)C1. The number of hydrogen-bond acceptors (Lipinski definition) is 2. The van der Waals surface area contributed by atoms with Crippen molar-refractivity contribution < 1.29 is 5.11 Å². The van der Waals surface area contributed by atoms with Crippen LogP contribution in [0, 0.1) is 11.8 Å². The van der Waals surface area contributed by atoms with E-state index >= 15 is 0 Å². The van der Waals surface area contributed by atoms with E-state index in [9.17, 15) is 0 Å². The summed E-state index contributed by atoms with van der Waals surface area (Å²) >= 11 is 0. The zero-order valence-electron chi connectivity index (χ0n) is 9.09. The van der Waals surface area contributed by atoms with Gasteiger partial charge in [-0.05, 0) is 38.0 Å². The maximum Gasteiger partial charge on any atom is 0.0582 e. The Labute approximate surface area is 81.7 Å². The van der Waals surface area contributed by atoms with Gasteiger partial charge in [0.15, 0.2) is 0 Å². The molecule has 0 unspecified atom stereocenters. The number of hydrogen-bond donors (Lipinski definition) is 2. The van der Waals surface area contributed by atoms with Crippen LogP contribution in [0.2, 0.25) is 0 Å². The van der Waals surface area contributed by atoms with Crippen molar-refractivity contribution in [2.75, 3.05) is 6.61 Å². The van der Waals surface area contributed by atoms with Gasteiger partial charge in [0.1, 0.15) is 0 Å². The zero-order chi connectivity index (χ0) is 9.84. The molecule has 0 heterocycles. The Balaban J connectivity index is 2.29. The van der Waals surface area contributed by atoms with Gasteiger partial charge in [-0.15, -0.1) is 0 Å². The van der Waals surface area contributed by atoms with Crippen LogP contribution >= 0.6 is 0 Å². The smallest absolute Gasteiger partial charge is 0.0582 e. The lowest BCUT2D eigenvalue weighted by Gasteiger charge is -2.34. The third-order valence-corrected chi connectivity index (χ3v) is 3.39. The van der Waals surface area contributed by atoms with Gasteiger partial charge in [-0.25, -0.2) is 0 Å². The van der Waals surface area contributed by atoms with Gasteiger partial charge in [0.2, 0.25) is 0 Å². The van der Waals surface area contributed by atoms with Crippen LogP contribution in [0.5, 0.6) is 0 Å². The van der Waals surface area contributed by atoms with Crippen molar-refractivity contribution in [1.82, 2.24) is 5.32 Å². The molecular weight excluding hydrogens is 162 g/mol. The van der Waals surface area contributed by atoms with Gasteiger partial charge in [0.25, 0.3) is 0 Å². The fourth-order valence-electron chi connectivity index (χ4n) is 2.15. The van der Waals surface area contributed by atoms with Gasteiger partial charge in [0, 0.05) is 12.1 Å². The summed E-state index contributed by atoms with van der Waals surface area (Å²) in [6.45, 7) is 6.97. The molecule has 0 spiro atoms. The predicted octanol–water partition coefficient (Wildman–Crippen LogP) is 1.78. The van der Waals surface area contributed by atoms with Crippen molar-refractivity contribution in [2.45, 2.75) is 52.1 Å². The minimum absolute atomic E-state index is 0.250. The quantitative estimate of drug-likeness (QED) is 0.702. The third-order valence-electron chi connectivity index (χ3n) is 3.39. The summed E-state index contributed by atoms with van der Waals surface area (Å²) in [6.07, 6.45) is 3.87. The summed E-state index contributed by atoms with van der Waals surface area (Å²) < 4.78 is 0. The molecule has 0 aromatic heterocycles. The molecule has 4 atom stereocenters. The molecule has 0 aromatic carbocycles. The fourth-order valence-corrected chi connectivity index (χ4v) is 2.15. The van der Waals surface area contributed by atoms with Gasteiger partial charge in [0.05, 0.1) is 6.61 Å². The summed E-state index contributed by atoms with van der Waals surface area (Å²) in [4.78, 5) is 0. The number of nitrogens with one attached hydrogen (secondary N) is 1. The van der Waals surface area contributed by atoms with Crippen molar-refractivity contribution in [1.29, 1.82) is 0 Å². The summed E-state index contributed by atoms with van der Waals surface area (Å²) in [5, 5.41) is 12.4. The highest BCUT2D eigenvalue weighted by atomic mass is 16.3. The van der Waals surface area contributed by atoms with Crippen LogP contribution in [-0.2, 0) is 0 Å². The molecule has 0 amide bonds. The van der Waals surface area contributed by atoms with Gasteiger partial charge >= 0.3 is 0 Å². The van der Waals surface area contributed by atoms with Crippen molar-refractivity contribution in [3.05, 3.63) is 0 Å². The van der Waals surface area contributed by atoms with E-state index in [1.807, 2.05) is 6.92 Å². The molecule has 0 aliphatic heterocycles. The molecule has 1 aliphatic rings. The van der Waals surface area contributed by atoms with E-state index in [-0.39, 0.29) is 12.6 Å². The van der Waals surface area contributed by atoms with Gasteiger partial charge in [-0.3, -0.25) is 0 Å². The van der Waals surface area contributed by atoms with Crippen LogP contribution in [0.15, 0.2) is 0 Å². The van der Waals surface area contributed by atoms with Crippen LogP contribution < -0.4 is 5.32 Å². The fraction of sp³-hybridized carbons (Fsp3) is 1.00. The largest absolute Gasteiger partial charge is 0.395 e.